The lowest BCUT2D eigenvalue weighted by Crippen LogP contribution is -2.02. The average molecular weight is 238 g/mol. The SMILES string of the molecule is OCCCCOCCCCOc1ccccc1. The van der Waals surface area contributed by atoms with Gasteiger partial charge in [0.1, 0.15) is 5.75 Å². The highest BCUT2D eigenvalue weighted by molar-refractivity contribution is 5.20. The van der Waals surface area contributed by atoms with Crippen LogP contribution in [0, 0.1) is 0 Å². The van der Waals surface area contributed by atoms with E-state index in [1.165, 1.54) is 0 Å². The zero-order valence-corrected chi connectivity index (χ0v) is 10.3. The Morgan fingerprint density at radius 3 is 2.18 bits per heavy atom. The van der Waals surface area contributed by atoms with E-state index in [4.69, 9.17) is 14.6 Å². The third-order valence-corrected chi connectivity index (χ3v) is 2.39. The number of aliphatic hydroxyl groups excluding tert-OH is 1. The maximum atomic E-state index is 8.58. The van der Waals surface area contributed by atoms with Gasteiger partial charge in [-0.1, -0.05) is 18.2 Å². The van der Waals surface area contributed by atoms with E-state index in [2.05, 4.69) is 0 Å². The summed E-state index contributed by atoms with van der Waals surface area (Å²) in [5, 5.41) is 8.58. The summed E-state index contributed by atoms with van der Waals surface area (Å²) in [7, 11) is 0. The Bertz CT molecular complexity index is 261. The van der Waals surface area contributed by atoms with Crippen molar-refractivity contribution >= 4 is 0 Å². The molecule has 3 nitrogen and oxygen atoms in total. The fourth-order valence-electron chi connectivity index (χ4n) is 1.43. The van der Waals surface area contributed by atoms with Crippen LogP contribution in [-0.2, 0) is 4.74 Å². The third-order valence-electron chi connectivity index (χ3n) is 2.39. The molecule has 0 aromatic heterocycles. The summed E-state index contributed by atoms with van der Waals surface area (Å²) < 4.78 is 11.0. The lowest BCUT2D eigenvalue weighted by atomic mass is 10.3. The molecule has 1 aromatic rings. The fourth-order valence-corrected chi connectivity index (χ4v) is 1.43. The lowest BCUT2D eigenvalue weighted by molar-refractivity contribution is 0.118. The highest BCUT2D eigenvalue weighted by Crippen LogP contribution is 2.08. The number of benzene rings is 1. The quantitative estimate of drug-likeness (QED) is 0.637. The van der Waals surface area contributed by atoms with Crippen LogP contribution in [0.4, 0.5) is 0 Å². The van der Waals surface area contributed by atoms with Crippen molar-refractivity contribution in [3.05, 3.63) is 30.3 Å². The van der Waals surface area contributed by atoms with Crippen molar-refractivity contribution in [1.82, 2.24) is 0 Å². The summed E-state index contributed by atoms with van der Waals surface area (Å²) in [4.78, 5) is 0. The van der Waals surface area contributed by atoms with Gasteiger partial charge in [0, 0.05) is 19.8 Å². The molecule has 0 saturated carbocycles. The highest BCUT2D eigenvalue weighted by Gasteiger charge is 1.93. The van der Waals surface area contributed by atoms with Crippen LogP contribution < -0.4 is 4.74 Å². The summed E-state index contributed by atoms with van der Waals surface area (Å²) in [6, 6.07) is 9.85. The monoisotopic (exact) mass is 238 g/mol. The summed E-state index contributed by atoms with van der Waals surface area (Å²) in [5.74, 6) is 0.927. The second kappa shape index (κ2) is 10.1. The Morgan fingerprint density at radius 1 is 0.824 bits per heavy atom. The second-order valence-electron chi connectivity index (χ2n) is 3.91. The van der Waals surface area contributed by atoms with Crippen molar-refractivity contribution in [2.45, 2.75) is 25.7 Å². The van der Waals surface area contributed by atoms with Crippen molar-refractivity contribution in [3.63, 3.8) is 0 Å². The van der Waals surface area contributed by atoms with Crippen LogP contribution in [0.5, 0.6) is 5.75 Å². The zero-order valence-electron chi connectivity index (χ0n) is 10.3. The Balaban J connectivity index is 1.85. The van der Waals surface area contributed by atoms with Gasteiger partial charge in [0.15, 0.2) is 0 Å². The number of ether oxygens (including phenoxy) is 2. The average Bonchev–Trinajstić information content (AvgIpc) is 2.38. The van der Waals surface area contributed by atoms with E-state index in [0.29, 0.717) is 0 Å². The molecule has 0 aliphatic heterocycles. The van der Waals surface area contributed by atoms with Gasteiger partial charge in [-0.15, -0.1) is 0 Å². The van der Waals surface area contributed by atoms with E-state index in [0.717, 1.165) is 51.3 Å². The molecule has 0 fully saturated rings. The minimum Gasteiger partial charge on any atom is -0.494 e. The molecule has 1 aromatic carbocycles. The first-order valence-corrected chi connectivity index (χ1v) is 6.30. The van der Waals surface area contributed by atoms with Gasteiger partial charge in [-0.25, -0.2) is 0 Å². The minimum atomic E-state index is 0.258. The summed E-state index contributed by atoms with van der Waals surface area (Å²) in [6.07, 6.45) is 3.80. The molecule has 1 rings (SSSR count). The number of hydrogen-bond acceptors (Lipinski definition) is 3. The zero-order chi connectivity index (χ0) is 12.2. The van der Waals surface area contributed by atoms with Crippen molar-refractivity contribution in [2.24, 2.45) is 0 Å². The Hall–Kier alpha value is -1.06. The molecular weight excluding hydrogens is 216 g/mol. The fraction of sp³-hybridized carbons (Fsp3) is 0.571. The molecule has 17 heavy (non-hydrogen) atoms. The van der Waals surface area contributed by atoms with Crippen molar-refractivity contribution in [1.29, 1.82) is 0 Å². The molecule has 0 heterocycles. The molecule has 0 aliphatic carbocycles. The molecule has 0 amide bonds. The van der Waals surface area contributed by atoms with Crippen LogP contribution in [0.1, 0.15) is 25.7 Å². The predicted octanol–water partition coefficient (Wildman–Crippen LogP) is 2.63. The molecule has 0 unspecified atom stereocenters. The van der Waals surface area contributed by atoms with E-state index in [-0.39, 0.29) is 6.61 Å². The van der Waals surface area contributed by atoms with Gasteiger partial charge in [-0.3, -0.25) is 0 Å². The van der Waals surface area contributed by atoms with Gasteiger partial charge in [0.05, 0.1) is 6.61 Å². The topological polar surface area (TPSA) is 38.7 Å². The Morgan fingerprint density at radius 2 is 1.47 bits per heavy atom. The summed E-state index contributed by atoms with van der Waals surface area (Å²) in [5.41, 5.74) is 0. The maximum Gasteiger partial charge on any atom is 0.119 e. The summed E-state index contributed by atoms with van der Waals surface area (Å²) >= 11 is 0. The first-order valence-electron chi connectivity index (χ1n) is 6.30. The van der Waals surface area contributed by atoms with Gasteiger partial charge in [-0.05, 0) is 37.8 Å². The van der Waals surface area contributed by atoms with E-state index in [1.54, 1.807) is 0 Å². The van der Waals surface area contributed by atoms with Crippen LogP contribution in [0.3, 0.4) is 0 Å². The molecular formula is C14H22O3. The molecule has 96 valence electrons. The summed E-state index contributed by atoms with van der Waals surface area (Å²) in [6.45, 7) is 2.53. The van der Waals surface area contributed by atoms with Gasteiger partial charge < -0.3 is 14.6 Å². The van der Waals surface area contributed by atoms with Gasteiger partial charge in [0.2, 0.25) is 0 Å². The third kappa shape index (κ3) is 7.77. The van der Waals surface area contributed by atoms with Gasteiger partial charge in [0.25, 0.3) is 0 Å². The highest BCUT2D eigenvalue weighted by atomic mass is 16.5. The number of hydrogen-bond donors (Lipinski definition) is 1. The molecule has 1 N–H and O–H groups in total. The van der Waals surface area contributed by atoms with E-state index in [9.17, 15) is 0 Å². The smallest absolute Gasteiger partial charge is 0.119 e. The molecule has 0 spiro atoms. The second-order valence-corrected chi connectivity index (χ2v) is 3.91. The van der Waals surface area contributed by atoms with Crippen LogP contribution in [0.15, 0.2) is 30.3 Å². The van der Waals surface area contributed by atoms with Crippen molar-refractivity contribution in [2.75, 3.05) is 26.4 Å². The first kappa shape index (κ1) is 14.0. The van der Waals surface area contributed by atoms with E-state index < -0.39 is 0 Å². The molecule has 0 saturated heterocycles. The standard InChI is InChI=1S/C14H22O3/c15-10-4-5-11-16-12-6-7-13-17-14-8-2-1-3-9-14/h1-3,8-9,15H,4-7,10-13H2. The van der Waals surface area contributed by atoms with Crippen LogP contribution in [0.25, 0.3) is 0 Å². The van der Waals surface area contributed by atoms with E-state index >= 15 is 0 Å². The van der Waals surface area contributed by atoms with Crippen LogP contribution in [-0.4, -0.2) is 31.5 Å². The molecule has 3 heteroatoms. The normalized spacial score (nSPS) is 10.4. The van der Waals surface area contributed by atoms with E-state index in [1.807, 2.05) is 30.3 Å². The van der Waals surface area contributed by atoms with Gasteiger partial charge in [-0.2, -0.15) is 0 Å². The van der Waals surface area contributed by atoms with Crippen molar-refractivity contribution < 1.29 is 14.6 Å². The number of para-hydroxylation sites is 1. The number of unbranched alkanes of at least 4 members (excludes halogenated alkanes) is 2. The molecule has 0 atom stereocenters. The molecule has 0 radical (unpaired) electrons. The first-order chi connectivity index (χ1) is 8.43. The molecule has 0 bridgehead atoms. The number of aliphatic hydroxyl groups is 1. The lowest BCUT2D eigenvalue weighted by Gasteiger charge is -2.06. The van der Waals surface area contributed by atoms with Crippen LogP contribution >= 0.6 is 0 Å². The molecule has 0 aliphatic rings. The van der Waals surface area contributed by atoms with Gasteiger partial charge >= 0.3 is 0 Å². The number of rotatable bonds is 10. The Labute approximate surface area is 103 Å². The predicted molar refractivity (Wildman–Crippen MR) is 68.3 cm³/mol. The van der Waals surface area contributed by atoms with Crippen LogP contribution in [0.2, 0.25) is 0 Å². The maximum absolute atomic E-state index is 8.58. The Kier molecular flexibility index (Phi) is 8.33. The van der Waals surface area contributed by atoms with Crippen molar-refractivity contribution in [3.8, 4) is 5.75 Å². The minimum absolute atomic E-state index is 0.258. The largest absolute Gasteiger partial charge is 0.494 e.